The Hall–Kier alpha value is -3.96. The summed E-state index contributed by atoms with van der Waals surface area (Å²) in [6, 6.07) is 0. The zero-order chi connectivity index (χ0) is 43.5. The molecule has 0 bridgehead atoms. The maximum Gasteiger partial charge on any atom is 0.309 e. The Morgan fingerprint density at radius 3 is 1.28 bits per heavy atom. The lowest BCUT2D eigenvalue weighted by Gasteiger charge is -2.18. The smallest absolute Gasteiger partial charge is 0.309 e. The van der Waals surface area contributed by atoms with Crippen LogP contribution in [0.1, 0.15) is 175 Å². The van der Waals surface area contributed by atoms with Crippen LogP contribution in [0.15, 0.2) is 134 Å². The summed E-state index contributed by atoms with van der Waals surface area (Å²) < 4.78 is 17.1. The highest BCUT2D eigenvalue weighted by Crippen LogP contribution is 2.11. The highest BCUT2D eigenvalue weighted by molar-refractivity contribution is 5.71. The summed E-state index contributed by atoms with van der Waals surface area (Å²) in [6.07, 6.45) is 70.7. The molecule has 0 aromatic carbocycles. The van der Waals surface area contributed by atoms with Gasteiger partial charge in [-0.15, -0.1) is 0 Å². The first-order chi connectivity index (χ1) is 29.6. The van der Waals surface area contributed by atoms with E-state index in [1.54, 1.807) is 0 Å². The van der Waals surface area contributed by atoms with E-state index in [0.717, 1.165) is 96.3 Å². The fraction of sp³-hybridized carbons (Fsp3) is 0.564. The molecule has 0 heterocycles. The molecule has 5 nitrogen and oxygen atoms in total. The molecular weight excluding hydrogens is 741 g/mol. The first kappa shape index (κ1) is 56.0. The number of rotatable bonds is 41. The number of carbonyl (C=O) groups excluding carboxylic acids is 2. The average Bonchev–Trinajstić information content (AvgIpc) is 3.25. The molecule has 0 saturated carbocycles. The van der Waals surface area contributed by atoms with Crippen molar-refractivity contribution in [3.8, 4) is 0 Å². The summed E-state index contributed by atoms with van der Waals surface area (Å²) in [5.74, 6) is -0.608. The van der Waals surface area contributed by atoms with Gasteiger partial charge in [-0.25, -0.2) is 0 Å². The van der Waals surface area contributed by atoms with E-state index in [1.165, 1.54) is 44.9 Å². The van der Waals surface area contributed by atoms with Gasteiger partial charge in [0.05, 0.1) is 19.6 Å². The van der Waals surface area contributed by atoms with Crippen LogP contribution < -0.4 is 0 Å². The molecular formula is C55H86O5. The van der Waals surface area contributed by atoms with Crippen LogP contribution in [-0.2, 0) is 23.8 Å². The molecule has 0 amide bonds. The van der Waals surface area contributed by atoms with Crippen LogP contribution in [0.2, 0.25) is 0 Å². The predicted octanol–water partition coefficient (Wildman–Crippen LogP) is 16.0. The van der Waals surface area contributed by atoms with Crippen LogP contribution in [-0.4, -0.2) is 37.9 Å². The third-order valence-electron chi connectivity index (χ3n) is 9.20. The van der Waals surface area contributed by atoms with E-state index in [-0.39, 0.29) is 31.6 Å². The molecule has 0 aromatic rings. The summed E-state index contributed by atoms with van der Waals surface area (Å²) in [7, 11) is 0. The topological polar surface area (TPSA) is 61.8 Å². The second-order valence-corrected chi connectivity index (χ2v) is 14.9. The molecule has 60 heavy (non-hydrogen) atoms. The number of esters is 2. The van der Waals surface area contributed by atoms with Gasteiger partial charge in [0.1, 0.15) is 6.61 Å². The number of unbranched alkanes of at least 4 members (excludes halogenated alkanes) is 9. The number of hydrogen-bond donors (Lipinski definition) is 0. The molecule has 1 unspecified atom stereocenters. The van der Waals surface area contributed by atoms with E-state index < -0.39 is 6.10 Å². The lowest BCUT2D eigenvalue weighted by molar-refractivity contribution is -0.162. The predicted molar refractivity (Wildman–Crippen MR) is 260 cm³/mol. The number of ether oxygens (including phenoxy) is 3. The third-order valence-corrected chi connectivity index (χ3v) is 9.20. The van der Waals surface area contributed by atoms with E-state index in [4.69, 9.17) is 14.2 Å². The van der Waals surface area contributed by atoms with Gasteiger partial charge in [-0.2, -0.15) is 0 Å². The van der Waals surface area contributed by atoms with Crippen LogP contribution in [0, 0.1) is 0 Å². The first-order valence-corrected chi connectivity index (χ1v) is 23.7. The van der Waals surface area contributed by atoms with Gasteiger partial charge in [0.2, 0.25) is 0 Å². The quantitative estimate of drug-likeness (QED) is 0.0349. The molecule has 1 atom stereocenters. The van der Waals surface area contributed by atoms with Crippen molar-refractivity contribution in [3.05, 3.63) is 134 Å². The van der Waals surface area contributed by atoms with Crippen LogP contribution in [0.25, 0.3) is 0 Å². The molecule has 0 fully saturated rings. The first-order valence-electron chi connectivity index (χ1n) is 23.7. The molecule has 5 heteroatoms. The van der Waals surface area contributed by atoms with Crippen molar-refractivity contribution in [2.24, 2.45) is 0 Å². The molecule has 0 aliphatic rings. The molecule has 0 N–H and O–H groups in total. The Bertz CT molecular complexity index is 1300. The van der Waals surface area contributed by atoms with Crippen molar-refractivity contribution in [2.75, 3.05) is 19.8 Å². The minimum atomic E-state index is -0.628. The second-order valence-electron chi connectivity index (χ2n) is 14.9. The Morgan fingerprint density at radius 1 is 0.400 bits per heavy atom. The standard InChI is InChI=1S/C55H86O5/c1-4-7-10-13-16-19-22-25-27-29-32-35-38-41-44-47-50-58-51-53(60-55(57)49-46-43-40-37-34-30-24-21-18-15-12-9-6-3)52-59-54(56)48-45-42-39-36-33-31-28-26-23-20-17-14-11-8-5-2/h7-8,10-11,16-17,19-21,24-28,32-33,35-36,41-42,44-45,53H,4-6,9,12-15,18,22-23,29-31,34,37-40,43,46-52H2,1-3H3/b10-7-,11-8-,19-16-,20-17-,24-21-,27-25-,28-26-,35-32-,36-33-,44-41-,45-42-. The minimum absolute atomic E-state index is 0.0108. The van der Waals surface area contributed by atoms with Gasteiger partial charge in [0, 0.05) is 6.42 Å². The van der Waals surface area contributed by atoms with Gasteiger partial charge in [-0.1, -0.05) is 193 Å². The average molecular weight is 827 g/mol. The molecule has 0 spiro atoms. The Labute approximate surface area is 369 Å². The van der Waals surface area contributed by atoms with Crippen molar-refractivity contribution < 1.29 is 23.8 Å². The van der Waals surface area contributed by atoms with Crippen LogP contribution in [0.4, 0.5) is 0 Å². The zero-order valence-corrected chi connectivity index (χ0v) is 38.4. The van der Waals surface area contributed by atoms with Crippen LogP contribution >= 0.6 is 0 Å². The Balaban J connectivity index is 4.56. The summed E-state index contributed by atoms with van der Waals surface area (Å²) in [6.45, 7) is 7.23. The van der Waals surface area contributed by atoms with E-state index in [9.17, 15) is 9.59 Å². The lowest BCUT2D eigenvalue weighted by atomic mass is 10.1. The molecule has 0 aliphatic carbocycles. The van der Waals surface area contributed by atoms with Crippen molar-refractivity contribution in [1.29, 1.82) is 0 Å². The normalized spacial score (nSPS) is 13.4. The summed E-state index contributed by atoms with van der Waals surface area (Å²) >= 11 is 0. The minimum Gasteiger partial charge on any atom is -0.461 e. The van der Waals surface area contributed by atoms with Gasteiger partial charge >= 0.3 is 11.9 Å². The monoisotopic (exact) mass is 827 g/mol. The van der Waals surface area contributed by atoms with Crippen molar-refractivity contribution in [2.45, 2.75) is 181 Å². The van der Waals surface area contributed by atoms with Crippen molar-refractivity contribution >= 4 is 11.9 Å². The van der Waals surface area contributed by atoms with E-state index >= 15 is 0 Å². The van der Waals surface area contributed by atoms with E-state index in [2.05, 4.69) is 142 Å². The van der Waals surface area contributed by atoms with Crippen LogP contribution in [0.5, 0.6) is 0 Å². The zero-order valence-electron chi connectivity index (χ0n) is 38.4. The maximum absolute atomic E-state index is 12.7. The van der Waals surface area contributed by atoms with Crippen LogP contribution in [0.3, 0.4) is 0 Å². The molecule has 0 radical (unpaired) electrons. The molecule has 0 rings (SSSR count). The van der Waals surface area contributed by atoms with Crippen molar-refractivity contribution in [1.82, 2.24) is 0 Å². The second kappa shape index (κ2) is 49.4. The van der Waals surface area contributed by atoms with E-state index in [1.807, 2.05) is 12.2 Å². The fourth-order valence-electron chi connectivity index (χ4n) is 5.76. The SMILES string of the molecule is CC/C=C\C/C=C\C/C=C\C/C=C\C/C=C\CCOCC(COC(=O)C/C=C\C/C=C\C/C=C\C/C=C\C/C=C\CC)OC(=O)CCCCCCC/C=C\CCCCCC. The maximum atomic E-state index is 12.7. The number of allylic oxidation sites excluding steroid dienone is 20. The summed E-state index contributed by atoms with van der Waals surface area (Å²) in [5.41, 5.74) is 0. The summed E-state index contributed by atoms with van der Waals surface area (Å²) in [4.78, 5) is 25.2. The van der Waals surface area contributed by atoms with E-state index in [0.29, 0.717) is 13.0 Å². The Kier molecular flexibility index (Phi) is 46.1. The summed E-state index contributed by atoms with van der Waals surface area (Å²) in [5, 5.41) is 0. The van der Waals surface area contributed by atoms with Gasteiger partial charge in [0.15, 0.2) is 6.10 Å². The molecule has 0 saturated heterocycles. The third kappa shape index (κ3) is 46.7. The molecule has 336 valence electrons. The highest BCUT2D eigenvalue weighted by atomic mass is 16.6. The van der Waals surface area contributed by atoms with Crippen molar-refractivity contribution in [3.63, 3.8) is 0 Å². The largest absolute Gasteiger partial charge is 0.461 e. The number of hydrogen-bond acceptors (Lipinski definition) is 5. The Morgan fingerprint density at radius 2 is 0.800 bits per heavy atom. The van der Waals surface area contributed by atoms with Gasteiger partial charge < -0.3 is 14.2 Å². The fourth-order valence-corrected chi connectivity index (χ4v) is 5.76. The lowest BCUT2D eigenvalue weighted by Crippen LogP contribution is -2.30. The van der Waals surface area contributed by atoms with Gasteiger partial charge in [-0.05, 0) is 103 Å². The highest BCUT2D eigenvalue weighted by Gasteiger charge is 2.17. The number of carbonyl (C=O) groups is 2. The van der Waals surface area contributed by atoms with Gasteiger partial charge in [-0.3, -0.25) is 9.59 Å². The molecule has 0 aliphatic heterocycles. The molecule has 0 aromatic heterocycles. The van der Waals surface area contributed by atoms with Gasteiger partial charge in [0.25, 0.3) is 0 Å².